The Morgan fingerprint density at radius 1 is 1.07 bits per heavy atom. The number of thiophene rings is 1. The molecule has 1 amide bonds. The van der Waals surface area contributed by atoms with Crippen LogP contribution in [0.4, 0.5) is 5.82 Å². The number of rotatable bonds is 7. The molecule has 0 aliphatic heterocycles. The predicted molar refractivity (Wildman–Crippen MR) is 126 cm³/mol. The summed E-state index contributed by atoms with van der Waals surface area (Å²) < 4.78 is 9.29. The number of hydrogen-bond acceptors (Lipinski definition) is 4. The highest BCUT2D eigenvalue weighted by Crippen LogP contribution is 2.24. The first-order chi connectivity index (χ1) is 14.6. The van der Waals surface area contributed by atoms with Gasteiger partial charge in [0.25, 0.3) is 5.91 Å². The number of aromatic nitrogens is 2. The molecule has 8 heteroatoms. The highest BCUT2D eigenvalue weighted by molar-refractivity contribution is 9.10. The number of nitrogens with one attached hydrogen (secondary N) is 1. The summed E-state index contributed by atoms with van der Waals surface area (Å²) in [6.07, 6.45) is 1.85. The number of nitrogens with zero attached hydrogens (tertiary/aromatic N) is 2. The summed E-state index contributed by atoms with van der Waals surface area (Å²) in [6, 6.07) is 19.5. The number of carbonyl (C=O) groups excluding carboxylic acids is 1. The van der Waals surface area contributed by atoms with Crippen molar-refractivity contribution < 1.29 is 9.53 Å². The zero-order valence-corrected chi connectivity index (χ0v) is 19.7. The molecule has 0 radical (unpaired) electrons. The van der Waals surface area contributed by atoms with E-state index in [1.807, 2.05) is 72.2 Å². The van der Waals surface area contributed by atoms with Gasteiger partial charge in [-0.3, -0.25) is 9.48 Å². The Morgan fingerprint density at radius 2 is 1.83 bits per heavy atom. The Labute approximate surface area is 195 Å². The normalized spacial score (nSPS) is 10.7. The molecule has 5 nitrogen and oxygen atoms in total. The van der Waals surface area contributed by atoms with Crippen molar-refractivity contribution in [1.82, 2.24) is 9.78 Å². The Hall–Kier alpha value is -2.42. The molecule has 2 aromatic carbocycles. The van der Waals surface area contributed by atoms with Crippen molar-refractivity contribution in [2.45, 2.75) is 13.2 Å². The van der Waals surface area contributed by atoms with Crippen LogP contribution >= 0.6 is 43.2 Å². The largest absolute Gasteiger partial charge is 0.489 e. The van der Waals surface area contributed by atoms with Crippen LogP contribution in [0.15, 0.2) is 81.2 Å². The Bertz CT molecular complexity index is 1140. The maximum absolute atomic E-state index is 12.6. The minimum Gasteiger partial charge on any atom is -0.489 e. The highest BCUT2D eigenvalue weighted by atomic mass is 79.9. The van der Waals surface area contributed by atoms with Gasteiger partial charge in [-0.15, -0.1) is 11.3 Å². The Morgan fingerprint density at radius 3 is 2.60 bits per heavy atom. The minimum absolute atomic E-state index is 0.194. The first-order valence-corrected chi connectivity index (χ1v) is 11.6. The number of amides is 1. The van der Waals surface area contributed by atoms with E-state index in [-0.39, 0.29) is 5.91 Å². The van der Waals surface area contributed by atoms with E-state index in [0.29, 0.717) is 23.8 Å². The van der Waals surface area contributed by atoms with Gasteiger partial charge in [-0.2, -0.15) is 5.10 Å². The third-order valence-electron chi connectivity index (χ3n) is 4.23. The zero-order chi connectivity index (χ0) is 20.9. The molecular formula is C22H17Br2N3O2S. The second kappa shape index (κ2) is 9.59. The third kappa shape index (κ3) is 5.38. The van der Waals surface area contributed by atoms with Gasteiger partial charge in [-0.25, -0.2) is 0 Å². The van der Waals surface area contributed by atoms with E-state index in [2.05, 4.69) is 42.3 Å². The Kier molecular flexibility index (Phi) is 6.66. The fourth-order valence-corrected chi connectivity index (χ4v) is 4.23. The zero-order valence-electron chi connectivity index (χ0n) is 15.7. The van der Waals surface area contributed by atoms with Crippen molar-refractivity contribution in [2.24, 2.45) is 0 Å². The second-order valence-corrected chi connectivity index (χ2v) is 9.21. The number of anilines is 1. The van der Waals surface area contributed by atoms with Crippen LogP contribution in [0.2, 0.25) is 0 Å². The molecule has 1 N–H and O–H groups in total. The standard InChI is InChI=1S/C22H17Br2N3O2S/c23-17-8-6-15(7-9-17)11-27-12-19(24)21(26-27)25-22(28)20-10-16(14-30-20)13-29-18-4-2-1-3-5-18/h1-10,12,14H,11,13H2,(H,25,26,28). The molecule has 0 bridgehead atoms. The van der Waals surface area contributed by atoms with Crippen molar-refractivity contribution in [3.63, 3.8) is 0 Å². The molecule has 0 fully saturated rings. The monoisotopic (exact) mass is 545 g/mol. The molecule has 30 heavy (non-hydrogen) atoms. The van der Waals surface area contributed by atoms with Crippen molar-refractivity contribution in [1.29, 1.82) is 0 Å². The molecule has 0 atom stereocenters. The van der Waals surface area contributed by atoms with Gasteiger partial charge in [0.15, 0.2) is 5.82 Å². The fraction of sp³-hybridized carbons (Fsp3) is 0.0909. The van der Waals surface area contributed by atoms with Crippen LogP contribution in [0.25, 0.3) is 0 Å². The molecule has 2 heterocycles. The van der Waals surface area contributed by atoms with Crippen molar-refractivity contribution in [2.75, 3.05) is 5.32 Å². The van der Waals surface area contributed by atoms with Gasteiger partial charge in [0, 0.05) is 16.2 Å². The van der Waals surface area contributed by atoms with E-state index in [0.717, 1.165) is 25.8 Å². The third-order valence-corrected chi connectivity index (χ3v) is 6.32. The summed E-state index contributed by atoms with van der Waals surface area (Å²) in [5.74, 6) is 1.10. The van der Waals surface area contributed by atoms with Crippen LogP contribution < -0.4 is 10.1 Å². The van der Waals surface area contributed by atoms with Crippen LogP contribution in [0.1, 0.15) is 20.8 Å². The molecular weight excluding hydrogens is 530 g/mol. The van der Waals surface area contributed by atoms with Crippen LogP contribution in [-0.2, 0) is 13.2 Å². The Balaban J connectivity index is 1.37. The van der Waals surface area contributed by atoms with Gasteiger partial charge < -0.3 is 10.1 Å². The van der Waals surface area contributed by atoms with E-state index in [1.165, 1.54) is 11.3 Å². The molecule has 0 spiro atoms. The number of hydrogen-bond donors (Lipinski definition) is 1. The molecule has 0 aliphatic rings. The van der Waals surface area contributed by atoms with E-state index in [1.54, 1.807) is 4.68 Å². The number of halogens is 2. The quantitative estimate of drug-likeness (QED) is 0.294. The van der Waals surface area contributed by atoms with E-state index in [9.17, 15) is 4.79 Å². The lowest BCUT2D eigenvalue weighted by Crippen LogP contribution is -2.11. The molecule has 0 aliphatic carbocycles. The number of benzene rings is 2. The van der Waals surface area contributed by atoms with Crippen LogP contribution in [0.3, 0.4) is 0 Å². The minimum atomic E-state index is -0.194. The summed E-state index contributed by atoms with van der Waals surface area (Å²) in [4.78, 5) is 13.2. The lowest BCUT2D eigenvalue weighted by Gasteiger charge is -2.03. The molecule has 4 rings (SSSR count). The highest BCUT2D eigenvalue weighted by Gasteiger charge is 2.14. The van der Waals surface area contributed by atoms with Gasteiger partial charge in [-0.05, 0) is 57.2 Å². The molecule has 2 aromatic heterocycles. The van der Waals surface area contributed by atoms with E-state index >= 15 is 0 Å². The average molecular weight is 547 g/mol. The van der Waals surface area contributed by atoms with Crippen LogP contribution in [-0.4, -0.2) is 15.7 Å². The van der Waals surface area contributed by atoms with E-state index < -0.39 is 0 Å². The van der Waals surface area contributed by atoms with E-state index in [4.69, 9.17) is 4.74 Å². The lowest BCUT2D eigenvalue weighted by molar-refractivity contribution is 0.103. The maximum atomic E-state index is 12.6. The summed E-state index contributed by atoms with van der Waals surface area (Å²) in [6.45, 7) is 1.03. The summed E-state index contributed by atoms with van der Waals surface area (Å²) in [5, 5.41) is 9.28. The smallest absolute Gasteiger partial charge is 0.266 e. The fourth-order valence-electron chi connectivity index (χ4n) is 2.76. The van der Waals surface area contributed by atoms with Gasteiger partial charge in [0.05, 0.1) is 15.9 Å². The van der Waals surface area contributed by atoms with Crippen LogP contribution in [0.5, 0.6) is 5.75 Å². The van der Waals surface area contributed by atoms with Crippen molar-refractivity contribution >= 4 is 54.9 Å². The SMILES string of the molecule is O=C(Nc1nn(Cc2ccc(Br)cc2)cc1Br)c1cc(COc2ccccc2)cs1. The predicted octanol–water partition coefficient (Wildman–Crippen LogP) is 6.35. The summed E-state index contributed by atoms with van der Waals surface area (Å²) in [5.41, 5.74) is 2.07. The number of para-hydroxylation sites is 1. The van der Waals surface area contributed by atoms with Crippen LogP contribution in [0, 0.1) is 0 Å². The first kappa shape index (κ1) is 20.8. The van der Waals surface area contributed by atoms with Crippen molar-refractivity contribution in [3.05, 3.63) is 97.2 Å². The topological polar surface area (TPSA) is 56.2 Å². The van der Waals surface area contributed by atoms with Gasteiger partial charge in [0.2, 0.25) is 0 Å². The molecule has 0 saturated heterocycles. The van der Waals surface area contributed by atoms with Crippen molar-refractivity contribution in [3.8, 4) is 5.75 Å². The van der Waals surface area contributed by atoms with Gasteiger partial charge >= 0.3 is 0 Å². The average Bonchev–Trinajstić information content (AvgIpc) is 3.36. The number of ether oxygens (including phenoxy) is 1. The molecule has 0 saturated carbocycles. The molecule has 0 unspecified atom stereocenters. The molecule has 152 valence electrons. The second-order valence-electron chi connectivity index (χ2n) is 6.52. The lowest BCUT2D eigenvalue weighted by atomic mass is 10.2. The summed E-state index contributed by atoms with van der Waals surface area (Å²) in [7, 11) is 0. The maximum Gasteiger partial charge on any atom is 0.266 e. The molecule has 4 aromatic rings. The first-order valence-electron chi connectivity index (χ1n) is 9.11. The van der Waals surface area contributed by atoms with Gasteiger partial charge in [-0.1, -0.05) is 46.3 Å². The number of carbonyl (C=O) groups is 1. The van der Waals surface area contributed by atoms with Gasteiger partial charge in [0.1, 0.15) is 12.4 Å². The summed E-state index contributed by atoms with van der Waals surface area (Å²) >= 11 is 8.29.